The van der Waals surface area contributed by atoms with Crippen molar-refractivity contribution in [3.8, 4) is 11.4 Å². The molecule has 1 saturated carbocycles. The van der Waals surface area contributed by atoms with E-state index in [-0.39, 0.29) is 6.04 Å². The topological polar surface area (TPSA) is 56.7 Å². The van der Waals surface area contributed by atoms with E-state index in [1.54, 1.807) is 6.20 Å². The monoisotopic (exact) mass is 380 g/mol. The summed E-state index contributed by atoms with van der Waals surface area (Å²) in [5, 5.41) is 10.2. The van der Waals surface area contributed by atoms with Crippen LogP contribution in [0.4, 0.5) is 0 Å². The average Bonchev–Trinajstić information content (AvgIpc) is 3.13. The molecule has 0 N–H and O–H groups in total. The van der Waals surface area contributed by atoms with Gasteiger partial charge in [-0.3, -0.25) is 4.68 Å². The number of rotatable bonds is 3. The average molecular weight is 382 g/mol. The second-order valence-corrected chi connectivity index (χ2v) is 7.02. The molecule has 0 radical (unpaired) electrons. The predicted octanol–water partition coefficient (Wildman–Crippen LogP) is 4.96. The van der Waals surface area contributed by atoms with Gasteiger partial charge in [-0.15, -0.1) is 0 Å². The summed E-state index contributed by atoms with van der Waals surface area (Å²) in [5.41, 5.74) is 2.36. The standard InChI is InChI=1S/C15H14BrClN4O/c1-7(2)21-9-5-6-18-15(17)10(9)12(19-21)13-11(16)14(22-20-13)8-3-4-8/h5-8H,3-4H2,1-2H3. The summed E-state index contributed by atoms with van der Waals surface area (Å²) in [6.07, 6.45) is 4.00. The molecule has 0 amide bonds. The summed E-state index contributed by atoms with van der Waals surface area (Å²) in [7, 11) is 0. The number of hydrogen-bond acceptors (Lipinski definition) is 4. The predicted molar refractivity (Wildman–Crippen MR) is 88.1 cm³/mol. The number of fused-ring (bicyclic) bond motifs is 1. The van der Waals surface area contributed by atoms with E-state index in [0.29, 0.717) is 22.5 Å². The molecule has 0 aromatic carbocycles. The Labute approximate surface area is 140 Å². The summed E-state index contributed by atoms with van der Waals surface area (Å²) in [6, 6.07) is 2.14. The lowest BCUT2D eigenvalue weighted by atomic mass is 10.2. The van der Waals surface area contributed by atoms with Crippen LogP contribution in [0.25, 0.3) is 22.3 Å². The summed E-state index contributed by atoms with van der Waals surface area (Å²) in [4.78, 5) is 4.19. The van der Waals surface area contributed by atoms with E-state index < -0.39 is 0 Å². The number of hydrogen-bond donors (Lipinski definition) is 0. The number of pyridine rings is 1. The highest BCUT2D eigenvalue weighted by molar-refractivity contribution is 9.10. The van der Waals surface area contributed by atoms with E-state index in [1.807, 2.05) is 10.7 Å². The van der Waals surface area contributed by atoms with Gasteiger partial charge in [-0.05, 0) is 48.7 Å². The lowest BCUT2D eigenvalue weighted by Crippen LogP contribution is -2.02. The third-order valence-corrected chi connectivity index (χ3v) is 4.95. The van der Waals surface area contributed by atoms with Crippen LogP contribution < -0.4 is 0 Å². The molecule has 3 aromatic heterocycles. The Morgan fingerprint density at radius 3 is 2.82 bits per heavy atom. The van der Waals surface area contributed by atoms with Gasteiger partial charge in [-0.1, -0.05) is 16.8 Å². The van der Waals surface area contributed by atoms with E-state index in [0.717, 1.165) is 34.0 Å². The van der Waals surface area contributed by atoms with Crippen LogP contribution in [0.1, 0.15) is 44.4 Å². The van der Waals surface area contributed by atoms with Gasteiger partial charge in [-0.2, -0.15) is 5.10 Å². The van der Waals surface area contributed by atoms with Crippen molar-refractivity contribution in [1.82, 2.24) is 19.9 Å². The Kier molecular flexibility index (Phi) is 3.27. The first-order chi connectivity index (χ1) is 10.6. The Bertz CT molecular complexity index is 866. The van der Waals surface area contributed by atoms with Crippen LogP contribution in [0, 0.1) is 0 Å². The molecule has 3 aromatic rings. The lowest BCUT2D eigenvalue weighted by Gasteiger charge is -2.06. The first-order valence-corrected chi connectivity index (χ1v) is 8.43. The Hall–Kier alpha value is -1.40. The van der Waals surface area contributed by atoms with Gasteiger partial charge >= 0.3 is 0 Å². The summed E-state index contributed by atoms with van der Waals surface area (Å²) >= 11 is 9.94. The van der Waals surface area contributed by atoms with Crippen molar-refractivity contribution in [2.24, 2.45) is 0 Å². The highest BCUT2D eigenvalue weighted by Gasteiger charge is 2.33. The molecule has 114 valence electrons. The molecule has 0 spiro atoms. The molecule has 1 fully saturated rings. The van der Waals surface area contributed by atoms with Crippen LogP contribution in [0.5, 0.6) is 0 Å². The minimum absolute atomic E-state index is 0.211. The quantitative estimate of drug-likeness (QED) is 0.602. The molecule has 3 heterocycles. The second kappa shape index (κ2) is 5.06. The van der Waals surface area contributed by atoms with Crippen LogP contribution in [-0.2, 0) is 0 Å². The van der Waals surface area contributed by atoms with Gasteiger partial charge in [0.15, 0.2) is 5.76 Å². The van der Waals surface area contributed by atoms with E-state index in [9.17, 15) is 0 Å². The van der Waals surface area contributed by atoms with Gasteiger partial charge in [0.05, 0.1) is 15.4 Å². The minimum atomic E-state index is 0.211. The molecule has 1 aliphatic carbocycles. The van der Waals surface area contributed by atoms with Crippen LogP contribution in [0.2, 0.25) is 5.15 Å². The van der Waals surface area contributed by atoms with E-state index in [1.165, 1.54) is 0 Å². The molecule has 22 heavy (non-hydrogen) atoms. The third kappa shape index (κ3) is 2.08. The summed E-state index contributed by atoms with van der Waals surface area (Å²) < 4.78 is 8.34. The van der Waals surface area contributed by atoms with Crippen LogP contribution in [-0.4, -0.2) is 19.9 Å². The zero-order valence-corrected chi connectivity index (χ0v) is 14.5. The molecule has 0 unspecified atom stereocenters. The maximum Gasteiger partial charge on any atom is 0.154 e. The van der Waals surface area contributed by atoms with Gasteiger partial charge in [0.2, 0.25) is 0 Å². The fourth-order valence-corrected chi connectivity index (χ4v) is 3.54. The first kappa shape index (κ1) is 14.2. The number of nitrogens with zero attached hydrogens (tertiary/aromatic N) is 4. The molecule has 4 rings (SSSR count). The largest absolute Gasteiger partial charge is 0.359 e. The fraction of sp³-hybridized carbons (Fsp3) is 0.400. The van der Waals surface area contributed by atoms with Crippen LogP contribution in [0.3, 0.4) is 0 Å². The van der Waals surface area contributed by atoms with Crippen molar-refractivity contribution in [2.75, 3.05) is 0 Å². The molecule has 0 saturated heterocycles. The van der Waals surface area contributed by atoms with Crippen molar-refractivity contribution >= 4 is 38.4 Å². The SMILES string of the molecule is CC(C)n1nc(-c2noc(C3CC3)c2Br)c2c(Cl)nccc21. The highest BCUT2D eigenvalue weighted by atomic mass is 79.9. The molecule has 7 heteroatoms. The third-order valence-electron chi connectivity index (χ3n) is 3.90. The Morgan fingerprint density at radius 2 is 2.14 bits per heavy atom. The first-order valence-electron chi connectivity index (χ1n) is 7.26. The Balaban J connectivity index is 1.98. The van der Waals surface area contributed by atoms with Crippen LogP contribution >= 0.6 is 27.5 Å². The molecular weight excluding hydrogens is 368 g/mol. The maximum absolute atomic E-state index is 6.33. The van der Waals surface area contributed by atoms with E-state index in [4.69, 9.17) is 21.2 Å². The molecular formula is C15H14BrClN4O. The van der Waals surface area contributed by atoms with Gasteiger partial charge in [-0.25, -0.2) is 4.98 Å². The molecule has 0 atom stereocenters. The van der Waals surface area contributed by atoms with Crippen LogP contribution in [0.15, 0.2) is 21.3 Å². The van der Waals surface area contributed by atoms with Crippen molar-refractivity contribution < 1.29 is 4.52 Å². The van der Waals surface area contributed by atoms with E-state index in [2.05, 4.69) is 39.9 Å². The number of aromatic nitrogens is 4. The smallest absolute Gasteiger partial charge is 0.154 e. The molecule has 0 bridgehead atoms. The summed E-state index contributed by atoms with van der Waals surface area (Å²) in [5.74, 6) is 1.38. The fourth-order valence-electron chi connectivity index (χ4n) is 2.65. The zero-order chi connectivity index (χ0) is 15.4. The normalized spacial score (nSPS) is 15.1. The maximum atomic E-state index is 6.33. The molecule has 0 aliphatic heterocycles. The van der Waals surface area contributed by atoms with Gasteiger partial charge in [0.1, 0.15) is 16.5 Å². The number of halogens is 2. The second-order valence-electron chi connectivity index (χ2n) is 5.87. The molecule has 1 aliphatic rings. The van der Waals surface area contributed by atoms with Gasteiger partial charge < -0.3 is 4.52 Å². The van der Waals surface area contributed by atoms with Gasteiger partial charge in [0, 0.05) is 18.2 Å². The van der Waals surface area contributed by atoms with Crippen molar-refractivity contribution in [3.63, 3.8) is 0 Å². The molecule has 5 nitrogen and oxygen atoms in total. The zero-order valence-electron chi connectivity index (χ0n) is 12.2. The van der Waals surface area contributed by atoms with Crippen molar-refractivity contribution in [2.45, 2.75) is 38.6 Å². The van der Waals surface area contributed by atoms with Crippen molar-refractivity contribution in [3.05, 3.63) is 27.6 Å². The lowest BCUT2D eigenvalue weighted by molar-refractivity contribution is 0.385. The minimum Gasteiger partial charge on any atom is -0.359 e. The summed E-state index contributed by atoms with van der Waals surface area (Å²) in [6.45, 7) is 4.16. The Morgan fingerprint density at radius 1 is 1.36 bits per heavy atom. The van der Waals surface area contributed by atoms with Gasteiger partial charge in [0.25, 0.3) is 0 Å². The highest BCUT2D eigenvalue weighted by Crippen LogP contribution is 2.47. The van der Waals surface area contributed by atoms with E-state index >= 15 is 0 Å². The van der Waals surface area contributed by atoms with Crippen molar-refractivity contribution in [1.29, 1.82) is 0 Å².